The van der Waals surface area contributed by atoms with Crippen LogP contribution in [0.4, 0.5) is 11.4 Å². The van der Waals surface area contributed by atoms with Crippen LogP contribution in [0, 0.1) is 0 Å². The molecular formula is C14H22N2O2. The number of ether oxygens (including phenoxy) is 1. The highest BCUT2D eigenvalue weighted by Gasteiger charge is 2.14. The molecule has 0 aliphatic rings. The smallest absolute Gasteiger partial charge is 0.340 e. The number of anilines is 2. The van der Waals surface area contributed by atoms with Crippen LogP contribution < -0.4 is 10.6 Å². The molecular weight excluding hydrogens is 228 g/mol. The van der Waals surface area contributed by atoms with E-state index < -0.39 is 0 Å². The largest absolute Gasteiger partial charge is 0.462 e. The van der Waals surface area contributed by atoms with E-state index in [1.807, 2.05) is 25.1 Å². The van der Waals surface area contributed by atoms with Gasteiger partial charge in [0.2, 0.25) is 0 Å². The third kappa shape index (κ3) is 3.95. The molecule has 4 nitrogen and oxygen atoms in total. The highest BCUT2D eigenvalue weighted by molar-refractivity contribution is 5.96. The monoisotopic (exact) mass is 250 g/mol. The second-order valence-electron chi connectivity index (χ2n) is 4.51. The van der Waals surface area contributed by atoms with Gasteiger partial charge in [-0.25, -0.2) is 4.79 Å². The molecule has 4 heteroatoms. The van der Waals surface area contributed by atoms with Gasteiger partial charge in [-0.3, -0.25) is 0 Å². The number of unbranched alkanes of at least 4 members (excludes halogenated alkanes) is 2. The zero-order chi connectivity index (χ0) is 13.5. The van der Waals surface area contributed by atoms with E-state index in [9.17, 15) is 4.79 Å². The molecule has 0 aliphatic carbocycles. The van der Waals surface area contributed by atoms with E-state index in [1.54, 1.807) is 12.1 Å². The number of carbonyl (C=O) groups is 1. The summed E-state index contributed by atoms with van der Waals surface area (Å²) in [6.07, 6.45) is 3.09. The zero-order valence-electron chi connectivity index (χ0n) is 11.4. The maximum absolute atomic E-state index is 12.0. The summed E-state index contributed by atoms with van der Waals surface area (Å²) in [4.78, 5) is 13.9. The number of hydrogen-bond acceptors (Lipinski definition) is 4. The summed E-state index contributed by atoms with van der Waals surface area (Å²) in [5.74, 6) is -0.304. The molecule has 18 heavy (non-hydrogen) atoms. The maximum Gasteiger partial charge on any atom is 0.340 e. The van der Waals surface area contributed by atoms with Crippen LogP contribution in [-0.2, 0) is 4.74 Å². The quantitative estimate of drug-likeness (QED) is 0.479. The van der Waals surface area contributed by atoms with E-state index in [4.69, 9.17) is 10.5 Å². The van der Waals surface area contributed by atoms with E-state index in [0.29, 0.717) is 17.9 Å². The van der Waals surface area contributed by atoms with Gasteiger partial charge in [0, 0.05) is 19.8 Å². The Morgan fingerprint density at radius 1 is 1.33 bits per heavy atom. The van der Waals surface area contributed by atoms with Crippen molar-refractivity contribution < 1.29 is 9.53 Å². The first kappa shape index (κ1) is 14.4. The Balaban J connectivity index is 2.74. The summed E-state index contributed by atoms with van der Waals surface area (Å²) in [5, 5.41) is 0. The van der Waals surface area contributed by atoms with Gasteiger partial charge in [-0.1, -0.05) is 19.8 Å². The topological polar surface area (TPSA) is 55.6 Å². The standard InChI is InChI=1S/C14H22N2O2/c1-4-5-6-9-18-14(17)12-10-11(15)7-8-13(12)16(2)3/h7-8,10H,4-6,9,15H2,1-3H3. The predicted octanol–water partition coefficient (Wildman–Crippen LogP) is 2.68. The van der Waals surface area contributed by atoms with Crippen LogP contribution in [0.1, 0.15) is 36.5 Å². The van der Waals surface area contributed by atoms with E-state index in [-0.39, 0.29) is 5.97 Å². The lowest BCUT2D eigenvalue weighted by Crippen LogP contribution is -2.16. The molecule has 100 valence electrons. The summed E-state index contributed by atoms with van der Waals surface area (Å²) in [5.41, 5.74) is 7.63. The molecule has 1 aromatic carbocycles. The van der Waals surface area contributed by atoms with Crippen LogP contribution in [-0.4, -0.2) is 26.7 Å². The van der Waals surface area contributed by atoms with Crippen LogP contribution in [0.3, 0.4) is 0 Å². The van der Waals surface area contributed by atoms with Gasteiger partial charge in [-0.2, -0.15) is 0 Å². The molecule has 1 rings (SSSR count). The van der Waals surface area contributed by atoms with Gasteiger partial charge in [-0.15, -0.1) is 0 Å². The number of esters is 1. The Labute approximate surface area is 109 Å². The first-order chi connectivity index (χ1) is 8.56. The van der Waals surface area contributed by atoms with E-state index in [1.165, 1.54) is 0 Å². The first-order valence-electron chi connectivity index (χ1n) is 6.30. The van der Waals surface area contributed by atoms with Crippen molar-refractivity contribution in [2.75, 3.05) is 31.3 Å². The number of hydrogen-bond donors (Lipinski definition) is 1. The lowest BCUT2D eigenvalue weighted by atomic mass is 10.1. The van der Waals surface area contributed by atoms with Crippen LogP contribution in [0.25, 0.3) is 0 Å². The lowest BCUT2D eigenvalue weighted by Gasteiger charge is -2.17. The van der Waals surface area contributed by atoms with Gasteiger partial charge in [0.25, 0.3) is 0 Å². The van der Waals surface area contributed by atoms with Crippen molar-refractivity contribution in [3.05, 3.63) is 23.8 Å². The molecule has 1 aromatic rings. The van der Waals surface area contributed by atoms with Crippen molar-refractivity contribution >= 4 is 17.3 Å². The summed E-state index contributed by atoms with van der Waals surface area (Å²) in [7, 11) is 3.78. The molecule has 0 aromatic heterocycles. The minimum absolute atomic E-state index is 0.304. The van der Waals surface area contributed by atoms with Crippen LogP contribution in [0.5, 0.6) is 0 Å². The van der Waals surface area contributed by atoms with Crippen molar-refractivity contribution in [2.45, 2.75) is 26.2 Å². The number of carbonyl (C=O) groups excluding carboxylic acids is 1. The van der Waals surface area contributed by atoms with Gasteiger partial charge >= 0.3 is 5.97 Å². The Morgan fingerprint density at radius 2 is 2.06 bits per heavy atom. The minimum atomic E-state index is -0.304. The number of nitrogens with zero attached hydrogens (tertiary/aromatic N) is 1. The third-order valence-corrected chi connectivity index (χ3v) is 2.70. The zero-order valence-corrected chi connectivity index (χ0v) is 11.4. The van der Waals surface area contributed by atoms with E-state index in [0.717, 1.165) is 24.9 Å². The number of nitrogen functional groups attached to an aromatic ring is 1. The van der Waals surface area contributed by atoms with Crippen molar-refractivity contribution in [3.8, 4) is 0 Å². The Morgan fingerprint density at radius 3 is 2.67 bits per heavy atom. The van der Waals surface area contributed by atoms with Crippen molar-refractivity contribution in [1.29, 1.82) is 0 Å². The molecule has 0 spiro atoms. The molecule has 0 saturated carbocycles. The van der Waals surface area contributed by atoms with Crippen molar-refractivity contribution in [3.63, 3.8) is 0 Å². The van der Waals surface area contributed by atoms with Crippen molar-refractivity contribution in [2.24, 2.45) is 0 Å². The van der Waals surface area contributed by atoms with Gasteiger partial charge in [0.05, 0.1) is 17.9 Å². The van der Waals surface area contributed by atoms with Crippen molar-refractivity contribution in [1.82, 2.24) is 0 Å². The van der Waals surface area contributed by atoms with Gasteiger partial charge < -0.3 is 15.4 Å². The average Bonchev–Trinajstić information content (AvgIpc) is 2.34. The number of benzene rings is 1. The SMILES string of the molecule is CCCCCOC(=O)c1cc(N)ccc1N(C)C. The second kappa shape index (κ2) is 6.89. The summed E-state index contributed by atoms with van der Waals surface area (Å²) < 4.78 is 5.25. The highest BCUT2D eigenvalue weighted by atomic mass is 16.5. The Bertz CT molecular complexity index is 403. The van der Waals surface area contributed by atoms with Crippen LogP contribution >= 0.6 is 0 Å². The van der Waals surface area contributed by atoms with Gasteiger partial charge in [0.1, 0.15) is 0 Å². The molecule has 0 saturated heterocycles. The molecule has 0 fully saturated rings. The van der Waals surface area contributed by atoms with E-state index in [2.05, 4.69) is 6.92 Å². The van der Waals surface area contributed by atoms with Gasteiger partial charge in [-0.05, 0) is 24.6 Å². The average molecular weight is 250 g/mol. The summed E-state index contributed by atoms with van der Waals surface area (Å²) >= 11 is 0. The fourth-order valence-electron chi connectivity index (χ4n) is 1.70. The molecule has 0 heterocycles. The van der Waals surface area contributed by atoms with Gasteiger partial charge in [0.15, 0.2) is 0 Å². The second-order valence-corrected chi connectivity index (χ2v) is 4.51. The Hall–Kier alpha value is -1.71. The normalized spacial score (nSPS) is 10.2. The highest BCUT2D eigenvalue weighted by Crippen LogP contribution is 2.22. The summed E-state index contributed by atoms with van der Waals surface area (Å²) in [6, 6.07) is 5.28. The summed E-state index contributed by atoms with van der Waals surface area (Å²) in [6.45, 7) is 2.58. The molecule has 0 aliphatic heterocycles. The van der Waals surface area contributed by atoms with E-state index >= 15 is 0 Å². The fourth-order valence-corrected chi connectivity index (χ4v) is 1.70. The molecule has 0 atom stereocenters. The number of rotatable bonds is 6. The number of nitrogens with two attached hydrogens (primary N) is 1. The van der Waals surface area contributed by atoms with Crippen LogP contribution in [0.2, 0.25) is 0 Å². The van der Waals surface area contributed by atoms with Crippen LogP contribution in [0.15, 0.2) is 18.2 Å². The molecule has 2 N–H and O–H groups in total. The molecule has 0 unspecified atom stereocenters. The minimum Gasteiger partial charge on any atom is -0.462 e. The maximum atomic E-state index is 12.0. The lowest BCUT2D eigenvalue weighted by molar-refractivity contribution is 0.0499. The molecule has 0 amide bonds. The first-order valence-corrected chi connectivity index (χ1v) is 6.30. The Kier molecular flexibility index (Phi) is 5.49. The third-order valence-electron chi connectivity index (χ3n) is 2.70. The fraction of sp³-hybridized carbons (Fsp3) is 0.500. The predicted molar refractivity (Wildman–Crippen MR) is 75.0 cm³/mol. The molecule has 0 bridgehead atoms. The molecule has 0 radical (unpaired) electrons.